The number of alkyl halides is 3. The molecule has 2 saturated carbocycles. The van der Waals surface area contributed by atoms with Crippen LogP contribution in [0, 0.1) is 29.6 Å². The standard InChI is InChI=1S/C30H44F3N5O/c1-19-6-5-11-36(15-19)16-21-12-25(30(31,32)33)26-18-37(29(39)38(26)17-21)24-10-4-9-23(13-24)27(22-7-3-8-22)28-20(2)14-34-35-28/h12,17-20,22-24,27-28,34-35H,3-11,13-16H2,1-2H3/t19-,20?,23-,24?,27?,28?/m0/s1. The Morgan fingerprint density at radius 2 is 1.79 bits per heavy atom. The summed E-state index contributed by atoms with van der Waals surface area (Å²) < 4.78 is 45.8. The zero-order valence-corrected chi connectivity index (χ0v) is 23.3. The van der Waals surface area contributed by atoms with Gasteiger partial charge in [-0.05, 0) is 79.9 Å². The van der Waals surface area contributed by atoms with E-state index in [1.54, 1.807) is 10.8 Å². The number of hydrogen-bond acceptors (Lipinski definition) is 4. The minimum absolute atomic E-state index is 0.0174. The predicted octanol–water partition coefficient (Wildman–Crippen LogP) is 5.61. The number of aromatic nitrogens is 2. The lowest BCUT2D eigenvalue weighted by atomic mass is 9.62. The van der Waals surface area contributed by atoms with Crippen LogP contribution in [0.3, 0.4) is 0 Å². The lowest BCUT2D eigenvalue weighted by molar-refractivity contribution is -0.136. The number of pyridine rings is 1. The second-order valence-corrected chi connectivity index (χ2v) is 13.2. The summed E-state index contributed by atoms with van der Waals surface area (Å²) in [5.41, 5.74) is 6.42. The monoisotopic (exact) mass is 547 g/mol. The van der Waals surface area contributed by atoms with Gasteiger partial charge in [0.05, 0.1) is 11.1 Å². The van der Waals surface area contributed by atoms with Gasteiger partial charge in [0.1, 0.15) is 0 Å². The summed E-state index contributed by atoms with van der Waals surface area (Å²) in [7, 11) is 0. The summed E-state index contributed by atoms with van der Waals surface area (Å²) in [6.07, 6.45) is 8.53. The molecule has 4 heterocycles. The first-order chi connectivity index (χ1) is 18.7. The van der Waals surface area contributed by atoms with Crippen molar-refractivity contribution in [1.82, 2.24) is 24.7 Å². The molecule has 2 N–H and O–H groups in total. The van der Waals surface area contributed by atoms with Gasteiger partial charge in [-0.2, -0.15) is 13.2 Å². The maximum absolute atomic E-state index is 14.3. The molecule has 0 bridgehead atoms. The zero-order chi connectivity index (χ0) is 27.3. The number of nitrogens with one attached hydrogen (secondary N) is 2. The highest BCUT2D eigenvalue weighted by atomic mass is 19.4. The van der Waals surface area contributed by atoms with Crippen molar-refractivity contribution >= 4 is 5.52 Å². The fraction of sp³-hybridized carbons (Fsp3) is 0.767. The molecule has 2 saturated heterocycles. The van der Waals surface area contributed by atoms with Crippen LogP contribution in [0.4, 0.5) is 13.2 Å². The van der Waals surface area contributed by atoms with Gasteiger partial charge < -0.3 is 0 Å². The van der Waals surface area contributed by atoms with Gasteiger partial charge in [-0.25, -0.2) is 4.79 Å². The van der Waals surface area contributed by atoms with E-state index in [0.717, 1.165) is 58.2 Å². The molecule has 0 amide bonds. The highest BCUT2D eigenvalue weighted by molar-refractivity contribution is 5.56. The molecule has 6 atom stereocenters. The van der Waals surface area contributed by atoms with Gasteiger partial charge in [0.15, 0.2) is 0 Å². The van der Waals surface area contributed by atoms with E-state index < -0.39 is 11.7 Å². The Hall–Kier alpha value is -1.84. The second-order valence-electron chi connectivity index (χ2n) is 13.2. The van der Waals surface area contributed by atoms with Crippen LogP contribution in [-0.4, -0.2) is 39.5 Å². The van der Waals surface area contributed by atoms with Gasteiger partial charge >= 0.3 is 11.9 Å². The predicted molar refractivity (Wildman–Crippen MR) is 146 cm³/mol. The van der Waals surface area contributed by atoms with Crippen molar-refractivity contribution in [3.05, 3.63) is 40.1 Å². The second kappa shape index (κ2) is 10.9. The molecule has 6 nitrogen and oxygen atoms in total. The molecule has 4 fully saturated rings. The van der Waals surface area contributed by atoms with Crippen LogP contribution >= 0.6 is 0 Å². The first-order valence-corrected chi connectivity index (χ1v) is 15.2. The third kappa shape index (κ3) is 5.43. The summed E-state index contributed by atoms with van der Waals surface area (Å²) in [5, 5.41) is 0. The Morgan fingerprint density at radius 1 is 1.03 bits per heavy atom. The van der Waals surface area contributed by atoms with Crippen LogP contribution in [-0.2, 0) is 12.7 Å². The van der Waals surface area contributed by atoms with Crippen molar-refractivity contribution in [2.24, 2.45) is 29.6 Å². The van der Waals surface area contributed by atoms with Gasteiger partial charge in [-0.3, -0.25) is 24.7 Å². The molecule has 39 heavy (non-hydrogen) atoms. The fourth-order valence-corrected chi connectivity index (χ4v) is 8.21. The van der Waals surface area contributed by atoms with Crippen molar-refractivity contribution in [2.45, 2.75) is 96.4 Å². The molecule has 4 unspecified atom stereocenters. The Bertz CT molecular complexity index is 1220. The van der Waals surface area contributed by atoms with Crippen LogP contribution in [0.2, 0.25) is 0 Å². The Labute approximate surface area is 229 Å². The molecule has 2 aliphatic heterocycles. The van der Waals surface area contributed by atoms with E-state index in [-0.39, 0.29) is 17.2 Å². The normalized spacial score (nSPS) is 32.0. The SMILES string of the molecule is CC1CNNC1C(C1CCC1)[C@H]1CCCC(n2cc3c(C(F)(F)F)cc(CN4CCC[C@H](C)C4)cn3c2=O)C1. The molecule has 0 aromatic carbocycles. The zero-order valence-electron chi connectivity index (χ0n) is 23.3. The number of halogens is 3. The lowest BCUT2D eigenvalue weighted by Crippen LogP contribution is -2.47. The molecular formula is C30H44F3N5O. The minimum atomic E-state index is -4.52. The molecule has 0 spiro atoms. The average molecular weight is 548 g/mol. The molecule has 216 valence electrons. The number of nitrogens with zero attached hydrogens (tertiary/aromatic N) is 3. The fourth-order valence-electron chi connectivity index (χ4n) is 8.21. The van der Waals surface area contributed by atoms with Crippen LogP contribution in [0.25, 0.3) is 5.52 Å². The molecule has 9 heteroatoms. The maximum Gasteiger partial charge on any atom is 0.418 e. The van der Waals surface area contributed by atoms with E-state index in [2.05, 4.69) is 29.6 Å². The highest BCUT2D eigenvalue weighted by Gasteiger charge is 2.44. The van der Waals surface area contributed by atoms with Gasteiger partial charge in [0, 0.05) is 44.1 Å². The van der Waals surface area contributed by atoms with Crippen molar-refractivity contribution < 1.29 is 13.2 Å². The quantitative estimate of drug-likeness (QED) is 0.494. The third-order valence-corrected chi connectivity index (χ3v) is 10.3. The number of hydrazine groups is 1. The van der Waals surface area contributed by atoms with Gasteiger partial charge in [0.2, 0.25) is 0 Å². The highest BCUT2D eigenvalue weighted by Crippen LogP contribution is 2.47. The first kappa shape index (κ1) is 27.3. The topological polar surface area (TPSA) is 53.7 Å². The summed E-state index contributed by atoms with van der Waals surface area (Å²) >= 11 is 0. The Kier molecular flexibility index (Phi) is 7.61. The Balaban J connectivity index is 1.31. The summed E-state index contributed by atoms with van der Waals surface area (Å²) in [6.45, 7) is 7.66. The molecule has 6 rings (SSSR count). The number of hydrogen-bond donors (Lipinski definition) is 2. The van der Waals surface area contributed by atoms with Crippen molar-refractivity contribution in [1.29, 1.82) is 0 Å². The van der Waals surface area contributed by atoms with E-state index in [9.17, 15) is 18.0 Å². The smallest absolute Gasteiger partial charge is 0.299 e. The summed E-state index contributed by atoms with van der Waals surface area (Å²) in [6, 6.07) is 1.63. The van der Waals surface area contributed by atoms with Gasteiger partial charge in [-0.1, -0.05) is 39.5 Å². The molecule has 2 aromatic rings. The minimum Gasteiger partial charge on any atom is -0.299 e. The van der Waals surface area contributed by atoms with Crippen LogP contribution < -0.4 is 16.5 Å². The van der Waals surface area contributed by atoms with E-state index in [1.807, 2.05) is 0 Å². The number of imidazole rings is 1. The van der Waals surface area contributed by atoms with Crippen LogP contribution in [0.15, 0.2) is 23.3 Å². The molecule has 0 radical (unpaired) electrons. The van der Waals surface area contributed by atoms with Crippen molar-refractivity contribution in [3.8, 4) is 0 Å². The Morgan fingerprint density at radius 3 is 2.46 bits per heavy atom. The van der Waals surface area contributed by atoms with Crippen molar-refractivity contribution in [3.63, 3.8) is 0 Å². The maximum atomic E-state index is 14.3. The van der Waals surface area contributed by atoms with E-state index in [4.69, 9.17) is 0 Å². The van der Waals surface area contributed by atoms with Gasteiger partial charge in [-0.15, -0.1) is 0 Å². The van der Waals surface area contributed by atoms with Gasteiger partial charge in [0.25, 0.3) is 0 Å². The number of rotatable bonds is 6. The number of fused-ring (bicyclic) bond motifs is 1. The number of piperidine rings is 1. The lowest BCUT2D eigenvalue weighted by Gasteiger charge is -2.45. The largest absolute Gasteiger partial charge is 0.418 e. The van der Waals surface area contributed by atoms with Crippen LogP contribution in [0.5, 0.6) is 0 Å². The molecule has 4 aliphatic rings. The van der Waals surface area contributed by atoms with E-state index in [0.29, 0.717) is 47.7 Å². The number of likely N-dealkylation sites (tertiary alicyclic amines) is 1. The van der Waals surface area contributed by atoms with E-state index >= 15 is 0 Å². The molecule has 2 aromatic heterocycles. The van der Waals surface area contributed by atoms with Crippen molar-refractivity contribution in [2.75, 3.05) is 19.6 Å². The third-order valence-electron chi connectivity index (χ3n) is 10.3. The molecular weight excluding hydrogens is 503 g/mol. The van der Waals surface area contributed by atoms with Crippen LogP contribution in [0.1, 0.15) is 88.8 Å². The van der Waals surface area contributed by atoms with E-state index in [1.165, 1.54) is 35.9 Å². The first-order valence-electron chi connectivity index (χ1n) is 15.2. The summed E-state index contributed by atoms with van der Waals surface area (Å²) in [5.74, 6) is 2.81. The average Bonchev–Trinajstić information content (AvgIpc) is 3.43. The molecule has 2 aliphatic carbocycles. The summed E-state index contributed by atoms with van der Waals surface area (Å²) in [4.78, 5) is 15.9.